The zero-order valence-corrected chi connectivity index (χ0v) is 21.2. The second-order valence-corrected chi connectivity index (χ2v) is 10.4. The standard InChI is InChI=1S/C28H29ClN6O2/c1-31-18-28(35-17-24(25(30)36)26(33-35)32-27(37)22-6-7-22)12-14-34(15-13-28)16-19-2-4-20(5-3-19)21-8-10-23(29)11-9-21/h2-5,8-11,17,22H,6-7,12-16,18H2,(H2,30,36)(H,32,33,37). The quantitative estimate of drug-likeness (QED) is 0.429. The topological polar surface area (TPSA) is 97.6 Å². The highest BCUT2D eigenvalue weighted by molar-refractivity contribution is 6.30. The summed E-state index contributed by atoms with van der Waals surface area (Å²) in [5.41, 5.74) is 8.70. The fourth-order valence-corrected chi connectivity index (χ4v) is 5.02. The number of aromatic nitrogens is 2. The number of nitrogens with one attached hydrogen (secondary N) is 1. The molecule has 2 amide bonds. The van der Waals surface area contributed by atoms with Crippen LogP contribution in [0.3, 0.4) is 0 Å². The average Bonchev–Trinajstić information content (AvgIpc) is 3.66. The van der Waals surface area contributed by atoms with Gasteiger partial charge in [-0.15, -0.1) is 0 Å². The van der Waals surface area contributed by atoms with E-state index in [2.05, 4.69) is 44.4 Å². The highest BCUT2D eigenvalue weighted by atomic mass is 35.5. The number of piperidine rings is 1. The van der Waals surface area contributed by atoms with E-state index in [0.29, 0.717) is 12.8 Å². The fourth-order valence-electron chi connectivity index (χ4n) is 4.89. The lowest BCUT2D eigenvalue weighted by atomic mass is 9.87. The van der Waals surface area contributed by atoms with Gasteiger partial charge in [0, 0.05) is 36.8 Å². The maximum atomic E-state index is 12.3. The number of nitrogens with two attached hydrogens (primary N) is 1. The van der Waals surface area contributed by atoms with E-state index in [1.165, 1.54) is 5.56 Å². The lowest BCUT2D eigenvalue weighted by Gasteiger charge is -2.38. The van der Waals surface area contributed by atoms with Crippen molar-refractivity contribution in [3.8, 4) is 11.1 Å². The first-order valence-electron chi connectivity index (χ1n) is 12.5. The molecule has 3 aromatic rings. The van der Waals surface area contributed by atoms with Crippen LogP contribution in [0.5, 0.6) is 0 Å². The van der Waals surface area contributed by atoms with Gasteiger partial charge < -0.3 is 15.9 Å². The number of nitrogens with zero attached hydrogens (tertiary/aromatic N) is 4. The summed E-state index contributed by atoms with van der Waals surface area (Å²) >= 11 is 6.00. The van der Waals surface area contributed by atoms with Gasteiger partial charge in [-0.05, 0) is 54.5 Å². The molecular formula is C28H29ClN6O2. The third-order valence-corrected chi connectivity index (χ3v) is 7.61. The molecule has 1 saturated carbocycles. The van der Waals surface area contributed by atoms with Crippen molar-refractivity contribution in [3.05, 3.63) is 82.3 Å². The van der Waals surface area contributed by atoms with Crippen molar-refractivity contribution in [1.29, 1.82) is 0 Å². The van der Waals surface area contributed by atoms with Crippen molar-refractivity contribution in [3.63, 3.8) is 0 Å². The molecule has 3 N–H and O–H groups in total. The van der Waals surface area contributed by atoms with Gasteiger partial charge in [-0.2, -0.15) is 5.10 Å². The van der Waals surface area contributed by atoms with Crippen LogP contribution in [-0.4, -0.2) is 46.1 Å². The monoisotopic (exact) mass is 516 g/mol. The van der Waals surface area contributed by atoms with Crippen molar-refractivity contribution in [2.45, 2.75) is 37.8 Å². The molecule has 0 spiro atoms. The summed E-state index contributed by atoms with van der Waals surface area (Å²) in [6.45, 7) is 10.2. The molecule has 1 aliphatic carbocycles. The lowest BCUT2D eigenvalue weighted by molar-refractivity contribution is -0.117. The minimum Gasteiger partial charge on any atom is -0.365 e. The van der Waals surface area contributed by atoms with Crippen LogP contribution in [0.25, 0.3) is 16.0 Å². The van der Waals surface area contributed by atoms with E-state index in [1.807, 2.05) is 24.3 Å². The number of primary amides is 1. The van der Waals surface area contributed by atoms with Crippen molar-refractivity contribution in [2.75, 3.05) is 25.0 Å². The highest BCUT2D eigenvalue weighted by Crippen LogP contribution is 2.34. The van der Waals surface area contributed by atoms with Crippen molar-refractivity contribution >= 4 is 29.2 Å². The van der Waals surface area contributed by atoms with Gasteiger partial charge in [0.15, 0.2) is 5.82 Å². The first-order chi connectivity index (χ1) is 17.9. The molecule has 5 rings (SSSR count). The second-order valence-electron chi connectivity index (χ2n) is 9.98. The lowest BCUT2D eigenvalue weighted by Crippen LogP contribution is -2.47. The maximum Gasteiger partial charge on any atom is 0.254 e. The summed E-state index contributed by atoms with van der Waals surface area (Å²) in [5, 5.41) is 8.05. The SMILES string of the molecule is [C-]#[N+]CC1(n2cc(C(N)=O)c(NC(=O)C3CC3)n2)CCN(Cc2ccc(-c3ccc(Cl)cc3)cc2)CC1. The zero-order chi connectivity index (χ0) is 26.0. The number of anilines is 1. The molecule has 9 heteroatoms. The van der Waals surface area contributed by atoms with E-state index < -0.39 is 11.4 Å². The smallest absolute Gasteiger partial charge is 0.254 e. The van der Waals surface area contributed by atoms with E-state index in [9.17, 15) is 9.59 Å². The molecule has 8 nitrogen and oxygen atoms in total. The molecule has 2 heterocycles. The number of carbonyl (C=O) groups is 2. The van der Waals surface area contributed by atoms with Gasteiger partial charge in [0.1, 0.15) is 11.1 Å². The van der Waals surface area contributed by atoms with Crippen LogP contribution >= 0.6 is 11.6 Å². The summed E-state index contributed by atoms with van der Waals surface area (Å²) in [7, 11) is 0. The van der Waals surface area contributed by atoms with Gasteiger partial charge in [0.2, 0.25) is 12.5 Å². The number of benzene rings is 2. The van der Waals surface area contributed by atoms with E-state index in [-0.39, 0.29) is 29.8 Å². The molecule has 0 bridgehead atoms. The maximum absolute atomic E-state index is 12.3. The Labute approximate surface area is 221 Å². The van der Waals surface area contributed by atoms with Crippen LogP contribution in [0.2, 0.25) is 5.02 Å². The largest absolute Gasteiger partial charge is 0.365 e. The third kappa shape index (κ3) is 5.53. The van der Waals surface area contributed by atoms with Crippen LogP contribution in [0.4, 0.5) is 5.82 Å². The number of halogens is 1. The van der Waals surface area contributed by atoms with Gasteiger partial charge in [0.05, 0.1) is 0 Å². The molecule has 1 saturated heterocycles. The normalized spacial score (nSPS) is 17.2. The molecule has 0 atom stereocenters. The number of rotatable bonds is 8. The third-order valence-electron chi connectivity index (χ3n) is 7.35. The first kappa shape index (κ1) is 25.0. The molecule has 0 radical (unpaired) electrons. The molecular weight excluding hydrogens is 488 g/mol. The van der Waals surface area contributed by atoms with Crippen LogP contribution < -0.4 is 11.1 Å². The molecule has 2 fully saturated rings. The predicted molar refractivity (Wildman–Crippen MR) is 143 cm³/mol. The molecule has 37 heavy (non-hydrogen) atoms. The van der Waals surface area contributed by atoms with Crippen molar-refractivity contribution < 1.29 is 9.59 Å². The Bertz CT molecular complexity index is 1330. The summed E-state index contributed by atoms with van der Waals surface area (Å²) in [6, 6.07) is 16.4. The number of carbonyl (C=O) groups excluding carboxylic acids is 2. The minimum absolute atomic E-state index is 0.0217. The van der Waals surface area contributed by atoms with Gasteiger partial charge in [0.25, 0.3) is 5.91 Å². The highest BCUT2D eigenvalue weighted by Gasteiger charge is 2.41. The zero-order valence-electron chi connectivity index (χ0n) is 20.5. The number of likely N-dealkylation sites (tertiary alicyclic amines) is 1. The summed E-state index contributed by atoms with van der Waals surface area (Å²) < 4.78 is 1.70. The molecule has 0 unspecified atom stereocenters. The summed E-state index contributed by atoms with van der Waals surface area (Å²) in [4.78, 5) is 30.4. The molecule has 2 aromatic carbocycles. The summed E-state index contributed by atoms with van der Waals surface area (Å²) in [6.07, 6.45) is 4.70. The van der Waals surface area contributed by atoms with Crippen molar-refractivity contribution in [2.24, 2.45) is 11.7 Å². The number of hydrogen-bond acceptors (Lipinski definition) is 4. The molecule has 1 aromatic heterocycles. The molecule has 1 aliphatic heterocycles. The number of hydrogen-bond donors (Lipinski definition) is 2. The van der Waals surface area contributed by atoms with E-state index in [1.54, 1.807) is 10.9 Å². The Morgan fingerprint density at radius 2 is 1.70 bits per heavy atom. The Morgan fingerprint density at radius 1 is 1.08 bits per heavy atom. The Balaban J connectivity index is 1.27. The predicted octanol–water partition coefficient (Wildman–Crippen LogP) is 4.56. The minimum atomic E-state index is -0.644. The van der Waals surface area contributed by atoms with E-state index in [4.69, 9.17) is 23.9 Å². The van der Waals surface area contributed by atoms with E-state index >= 15 is 0 Å². The number of amides is 2. The van der Waals surface area contributed by atoms with Crippen molar-refractivity contribution in [1.82, 2.24) is 14.7 Å². The van der Waals surface area contributed by atoms with Crippen LogP contribution in [0.15, 0.2) is 54.7 Å². The van der Waals surface area contributed by atoms with Gasteiger partial charge >= 0.3 is 0 Å². The van der Waals surface area contributed by atoms with Gasteiger partial charge in [-0.25, -0.2) is 6.57 Å². The summed E-state index contributed by atoms with van der Waals surface area (Å²) in [5.74, 6) is -0.609. The van der Waals surface area contributed by atoms with Gasteiger partial charge in [-0.3, -0.25) is 19.2 Å². The van der Waals surface area contributed by atoms with E-state index in [0.717, 1.165) is 48.6 Å². The van der Waals surface area contributed by atoms with Crippen LogP contribution in [-0.2, 0) is 16.9 Å². The first-order valence-corrected chi connectivity index (χ1v) is 12.9. The Kier molecular flexibility index (Phi) is 7.00. The average molecular weight is 517 g/mol. The second kappa shape index (κ2) is 10.4. The Morgan fingerprint density at radius 3 is 2.27 bits per heavy atom. The van der Waals surface area contributed by atoms with Gasteiger partial charge in [-0.1, -0.05) is 48.0 Å². The fraction of sp³-hybridized carbons (Fsp3) is 0.357. The van der Waals surface area contributed by atoms with Crippen LogP contribution in [0.1, 0.15) is 41.6 Å². The molecule has 2 aliphatic rings. The Hall–Kier alpha value is -3.67. The molecule has 190 valence electrons. The van der Waals surface area contributed by atoms with Crippen LogP contribution in [0, 0.1) is 12.5 Å².